The molecule has 1 aliphatic heterocycles. The van der Waals surface area contributed by atoms with E-state index in [0.29, 0.717) is 27.5 Å². The number of nitrogens with one attached hydrogen (secondary N) is 1. The van der Waals surface area contributed by atoms with E-state index in [2.05, 4.69) is 43.1 Å². The number of carbonyl (C=O) groups excluding carboxylic acids is 1. The molecule has 0 fully saturated rings. The standard InChI is InChI=1S/C24H25ClN4O4/c1-5-28-20-11-19(25)16(9-18(20)14(2)12-24(28,3)4)13-26-27-23(30)22-10-15-8-17(29(31)32)6-7-21(15)33-22/h6-11,13-14H,5,12H2,1-4H3,(H,27,30)/b26-13-. The van der Waals surface area contributed by atoms with Crippen molar-refractivity contribution in [2.45, 2.75) is 45.6 Å². The van der Waals surface area contributed by atoms with Gasteiger partial charge in [0, 0.05) is 40.9 Å². The Morgan fingerprint density at radius 1 is 1.36 bits per heavy atom. The number of non-ortho nitro benzene ring substituents is 1. The van der Waals surface area contributed by atoms with E-state index < -0.39 is 10.8 Å². The number of amides is 1. The average molecular weight is 469 g/mol. The molecule has 0 saturated heterocycles. The number of fused-ring (bicyclic) bond motifs is 2. The van der Waals surface area contributed by atoms with Crippen molar-refractivity contribution >= 4 is 46.1 Å². The average Bonchev–Trinajstić information content (AvgIpc) is 3.17. The minimum absolute atomic E-state index is 0.00799. The summed E-state index contributed by atoms with van der Waals surface area (Å²) in [6, 6.07) is 9.58. The number of nitro benzene ring substituents is 1. The summed E-state index contributed by atoms with van der Waals surface area (Å²) in [4.78, 5) is 25.2. The summed E-state index contributed by atoms with van der Waals surface area (Å²) in [5.74, 6) is -0.198. The number of rotatable bonds is 5. The first-order chi connectivity index (χ1) is 15.6. The molecule has 33 heavy (non-hydrogen) atoms. The van der Waals surface area contributed by atoms with Crippen LogP contribution < -0.4 is 10.3 Å². The quantitative estimate of drug-likeness (QED) is 0.286. The highest BCUT2D eigenvalue weighted by molar-refractivity contribution is 6.33. The van der Waals surface area contributed by atoms with Crippen molar-refractivity contribution in [3.05, 3.63) is 68.4 Å². The molecule has 1 N–H and O–H groups in total. The zero-order valence-corrected chi connectivity index (χ0v) is 19.6. The van der Waals surface area contributed by atoms with Crippen LogP contribution in [-0.2, 0) is 0 Å². The lowest BCUT2D eigenvalue weighted by Crippen LogP contribution is -2.48. The molecule has 1 unspecified atom stereocenters. The smallest absolute Gasteiger partial charge is 0.307 e. The molecule has 2 aromatic carbocycles. The summed E-state index contributed by atoms with van der Waals surface area (Å²) in [5.41, 5.74) is 5.82. The molecule has 172 valence electrons. The summed E-state index contributed by atoms with van der Waals surface area (Å²) >= 11 is 6.55. The summed E-state index contributed by atoms with van der Waals surface area (Å²) in [6.07, 6.45) is 2.53. The van der Waals surface area contributed by atoms with Gasteiger partial charge in [0.2, 0.25) is 0 Å². The fraction of sp³-hybridized carbons (Fsp3) is 0.333. The number of nitro groups is 1. The first-order valence-electron chi connectivity index (χ1n) is 10.7. The van der Waals surface area contributed by atoms with E-state index >= 15 is 0 Å². The van der Waals surface area contributed by atoms with Gasteiger partial charge in [0.05, 0.1) is 16.2 Å². The van der Waals surface area contributed by atoms with E-state index in [4.69, 9.17) is 16.0 Å². The van der Waals surface area contributed by atoms with Crippen molar-refractivity contribution in [2.75, 3.05) is 11.4 Å². The summed E-state index contributed by atoms with van der Waals surface area (Å²) < 4.78 is 5.48. The van der Waals surface area contributed by atoms with Crippen LogP contribution in [-0.4, -0.2) is 29.1 Å². The molecular formula is C24H25ClN4O4. The Morgan fingerprint density at radius 2 is 2.12 bits per heavy atom. The van der Waals surface area contributed by atoms with E-state index in [1.807, 2.05) is 12.1 Å². The van der Waals surface area contributed by atoms with Crippen LogP contribution in [0.25, 0.3) is 11.0 Å². The van der Waals surface area contributed by atoms with Crippen molar-refractivity contribution in [2.24, 2.45) is 5.10 Å². The minimum Gasteiger partial charge on any atom is -0.451 e. The molecule has 0 spiro atoms. The van der Waals surface area contributed by atoms with Crippen molar-refractivity contribution in [1.29, 1.82) is 0 Å². The van der Waals surface area contributed by atoms with Crippen molar-refractivity contribution in [1.82, 2.24) is 5.43 Å². The van der Waals surface area contributed by atoms with E-state index in [-0.39, 0.29) is 17.0 Å². The maximum atomic E-state index is 12.5. The molecule has 0 saturated carbocycles. The second kappa shape index (κ2) is 8.51. The SMILES string of the molecule is CCN1c2cc(Cl)c(/C=N\NC(=O)c3cc4cc([N+](=O)[O-])ccc4o3)cc2C(C)CC1(C)C. The van der Waals surface area contributed by atoms with Gasteiger partial charge in [-0.3, -0.25) is 14.9 Å². The second-order valence-electron chi connectivity index (χ2n) is 8.88. The van der Waals surface area contributed by atoms with Crippen LogP contribution in [0.15, 0.2) is 45.9 Å². The number of hydrogen-bond acceptors (Lipinski definition) is 6. The molecule has 0 bridgehead atoms. The molecule has 8 nitrogen and oxygen atoms in total. The van der Waals surface area contributed by atoms with Gasteiger partial charge in [-0.25, -0.2) is 5.43 Å². The predicted molar refractivity (Wildman–Crippen MR) is 130 cm³/mol. The third-order valence-electron chi connectivity index (χ3n) is 6.12. The van der Waals surface area contributed by atoms with Crippen LogP contribution in [0.4, 0.5) is 11.4 Å². The monoisotopic (exact) mass is 468 g/mol. The van der Waals surface area contributed by atoms with E-state index in [1.54, 1.807) is 0 Å². The summed E-state index contributed by atoms with van der Waals surface area (Å²) in [7, 11) is 0. The Bertz CT molecular complexity index is 1280. The predicted octanol–water partition coefficient (Wildman–Crippen LogP) is 5.87. The lowest BCUT2D eigenvalue weighted by molar-refractivity contribution is -0.384. The van der Waals surface area contributed by atoms with Gasteiger partial charge in [0.15, 0.2) is 5.76 Å². The van der Waals surface area contributed by atoms with Crippen LogP contribution >= 0.6 is 11.6 Å². The van der Waals surface area contributed by atoms with E-state index in [1.165, 1.54) is 36.0 Å². The number of nitrogens with zero attached hydrogens (tertiary/aromatic N) is 3. The molecule has 9 heteroatoms. The Kier molecular flexibility index (Phi) is 5.88. The van der Waals surface area contributed by atoms with Crippen LogP contribution in [0.3, 0.4) is 0 Å². The maximum Gasteiger partial charge on any atom is 0.307 e. The fourth-order valence-corrected chi connectivity index (χ4v) is 4.90. The van der Waals surface area contributed by atoms with Gasteiger partial charge < -0.3 is 9.32 Å². The number of anilines is 1. The highest BCUT2D eigenvalue weighted by Crippen LogP contribution is 2.44. The third kappa shape index (κ3) is 4.30. The molecule has 1 aliphatic rings. The van der Waals surface area contributed by atoms with E-state index in [0.717, 1.165) is 18.7 Å². The van der Waals surface area contributed by atoms with Gasteiger partial charge in [-0.1, -0.05) is 18.5 Å². The van der Waals surface area contributed by atoms with Gasteiger partial charge in [-0.15, -0.1) is 0 Å². The Hall–Kier alpha value is -3.39. The molecule has 0 radical (unpaired) electrons. The number of halogens is 1. The number of hydrazone groups is 1. The molecule has 1 atom stereocenters. The lowest BCUT2D eigenvalue weighted by atomic mass is 9.79. The lowest BCUT2D eigenvalue weighted by Gasteiger charge is -2.47. The van der Waals surface area contributed by atoms with Gasteiger partial charge in [0.1, 0.15) is 5.58 Å². The molecule has 1 amide bonds. The van der Waals surface area contributed by atoms with Gasteiger partial charge in [-0.2, -0.15) is 5.10 Å². The fourth-order valence-electron chi connectivity index (χ4n) is 4.69. The normalized spacial score (nSPS) is 17.4. The van der Waals surface area contributed by atoms with Crippen LogP contribution in [0.5, 0.6) is 0 Å². The Balaban J connectivity index is 1.54. The van der Waals surface area contributed by atoms with Crippen LogP contribution in [0.2, 0.25) is 5.02 Å². The molecule has 4 rings (SSSR count). The van der Waals surface area contributed by atoms with Crippen molar-refractivity contribution < 1.29 is 14.1 Å². The van der Waals surface area contributed by atoms with E-state index in [9.17, 15) is 14.9 Å². The molecule has 0 aliphatic carbocycles. The number of carbonyl (C=O) groups is 1. The first kappa shape index (κ1) is 22.8. The largest absolute Gasteiger partial charge is 0.451 e. The maximum absolute atomic E-state index is 12.5. The number of benzene rings is 2. The van der Waals surface area contributed by atoms with Gasteiger partial charge >= 0.3 is 5.91 Å². The highest BCUT2D eigenvalue weighted by atomic mass is 35.5. The number of hydrogen-bond donors (Lipinski definition) is 1. The number of furan rings is 1. The van der Waals surface area contributed by atoms with Crippen LogP contribution in [0.1, 0.15) is 61.7 Å². The zero-order chi connectivity index (χ0) is 23.9. The van der Waals surface area contributed by atoms with Gasteiger partial charge in [0.25, 0.3) is 5.69 Å². The Morgan fingerprint density at radius 3 is 2.82 bits per heavy atom. The zero-order valence-electron chi connectivity index (χ0n) is 18.9. The van der Waals surface area contributed by atoms with Crippen molar-refractivity contribution in [3.63, 3.8) is 0 Å². The molecule has 2 heterocycles. The van der Waals surface area contributed by atoms with Gasteiger partial charge in [-0.05, 0) is 62.9 Å². The van der Waals surface area contributed by atoms with Crippen molar-refractivity contribution in [3.8, 4) is 0 Å². The van der Waals surface area contributed by atoms with Crippen LogP contribution in [0, 0.1) is 10.1 Å². The Labute approximate surface area is 196 Å². The third-order valence-corrected chi connectivity index (χ3v) is 6.45. The topological polar surface area (TPSA) is 101 Å². The molecule has 1 aromatic heterocycles. The second-order valence-corrected chi connectivity index (χ2v) is 9.29. The first-order valence-corrected chi connectivity index (χ1v) is 11.1. The summed E-state index contributed by atoms with van der Waals surface area (Å²) in [5, 5.41) is 16.0. The minimum atomic E-state index is -0.563. The molecular weight excluding hydrogens is 444 g/mol. The highest BCUT2D eigenvalue weighted by Gasteiger charge is 2.35. The molecule has 3 aromatic rings. The summed E-state index contributed by atoms with van der Waals surface area (Å²) in [6.45, 7) is 9.70.